The zero-order valence-electron chi connectivity index (χ0n) is 9.09. The van der Waals surface area contributed by atoms with Crippen molar-refractivity contribution < 1.29 is 5.11 Å². The van der Waals surface area contributed by atoms with E-state index in [0.717, 1.165) is 11.8 Å². The zero-order valence-corrected chi connectivity index (χ0v) is 9.09. The Morgan fingerprint density at radius 2 is 2.00 bits per heavy atom. The van der Waals surface area contributed by atoms with Crippen molar-refractivity contribution in [2.75, 3.05) is 6.61 Å². The molecule has 1 aliphatic rings. The van der Waals surface area contributed by atoms with Crippen LogP contribution in [0.1, 0.15) is 40.0 Å². The average molecular weight is 185 g/mol. The Balaban J connectivity index is 2.29. The summed E-state index contributed by atoms with van der Waals surface area (Å²) < 4.78 is 0. The van der Waals surface area contributed by atoms with Crippen molar-refractivity contribution in [3.8, 4) is 0 Å². The van der Waals surface area contributed by atoms with Crippen LogP contribution in [-0.4, -0.2) is 23.8 Å². The summed E-state index contributed by atoms with van der Waals surface area (Å²) in [5.41, 5.74) is 0. The van der Waals surface area contributed by atoms with Gasteiger partial charge in [-0.15, -0.1) is 0 Å². The standard InChI is InChI=1S/C11H23NO/c1-8-4-5-11(6-9(8)2)12-10(3)7-13/h8-13H,4-7H2,1-3H3/t8-,9+,10+,11+/m0/s1. The van der Waals surface area contributed by atoms with Gasteiger partial charge in [0, 0.05) is 12.1 Å². The molecular weight excluding hydrogens is 162 g/mol. The van der Waals surface area contributed by atoms with Gasteiger partial charge in [0.15, 0.2) is 0 Å². The lowest BCUT2D eigenvalue weighted by atomic mass is 9.79. The molecule has 1 aliphatic carbocycles. The SMILES string of the molecule is C[C@H](CO)N[C@@H]1CC[C@H](C)[C@H](C)C1. The maximum absolute atomic E-state index is 8.92. The van der Waals surface area contributed by atoms with Crippen LogP contribution in [-0.2, 0) is 0 Å². The van der Waals surface area contributed by atoms with Gasteiger partial charge in [0.25, 0.3) is 0 Å². The normalized spacial score (nSPS) is 37.4. The zero-order chi connectivity index (χ0) is 9.84. The van der Waals surface area contributed by atoms with E-state index in [1.165, 1.54) is 19.3 Å². The molecule has 4 atom stereocenters. The van der Waals surface area contributed by atoms with E-state index in [0.29, 0.717) is 6.04 Å². The molecule has 0 amide bonds. The Morgan fingerprint density at radius 1 is 1.31 bits per heavy atom. The molecule has 0 unspecified atom stereocenters. The van der Waals surface area contributed by atoms with Gasteiger partial charge >= 0.3 is 0 Å². The highest BCUT2D eigenvalue weighted by molar-refractivity contribution is 4.81. The van der Waals surface area contributed by atoms with Crippen molar-refractivity contribution in [1.29, 1.82) is 0 Å². The second-order valence-corrected chi connectivity index (χ2v) is 4.71. The molecule has 0 saturated heterocycles. The minimum absolute atomic E-state index is 0.250. The van der Waals surface area contributed by atoms with Crippen LogP contribution in [0.4, 0.5) is 0 Å². The van der Waals surface area contributed by atoms with Crippen molar-refractivity contribution in [2.24, 2.45) is 11.8 Å². The number of aliphatic hydroxyl groups is 1. The largest absolute Gasteiger partial charge is 0.395 e. The summed E-state index contributed by atoms with van der Waals surface area (Å²) in [6.07, 6.45) is 3.87. The van der Waals surface area contributed by atoms with E-state index in [4.69, 9.17) is 5.11 Å². The van der Waals surface area contributed by atoms with Gasteiger partial charge in [-0.1, -0.05) is 13.8 Å². The summed E-state index contributed by atoms with van der Waals surface area (Å²) in [5, 5.41) is 12.4. The van der Waals surface area contributed by atoms with Crippen molar-refractivity contribution in [2.45, 2.75) is 52.1 Å². The molecule has 1 rings (SSSR count). The molecule has 1 fully saturated rings. The second kappa shape index (κ2) is 4.97. The van der Waals surface area contributed by atoms with E-state index in [-0.39, 0.29) is 12.6 Å². The maximum atomic E-state index is 8.92. The Bertz CT molecular complexity index is 147. The van der Waals surface area contributed by atoms with E-state index in [2.05, 4.69) is 19.2 Å². The summed E-state index contributed by atoms with van der Waals surface area (Å²) in [5.74, 6) is 1.71. The van der Waals surface area contributed by atoms with E-state index in [1.54, 1.807) is 0 Å². The number of aliphatic hydroxyl groups excluding tert-OH is 1. The topological polar surface area (TPSA) is 32.3 Å². The predicted molar refractivity (Wildman–Crippen MR) is 55.7 cm³/mol. The third kappa shape index (κ3) is 3.28. The summed E-state index contributed by atoms with van der Waals surface area (Å²) in [6, 6.07) is 0.888. The fourth-order valence-electron chi connectivity index (χ4n) is 2.15. The van der Waals surface area contributed by atoms with Crippen molar-refractivity contribution in [3.63, 3.8) is 0 Å². The van der Waals surface area contributed by atoms with Crippen LogP contribution < -0.4 is 5.32 Å². The van der Waals surface area contributed by atoms with Crippen LogP contribution in [0, 0.1) is 11.8 Å². The Hall–Kier alpha value is -0.0800. The molecule has 0 radical (unpaired) electrons. The van der Waals surface area contributed by atoms with Crippen LogP contribution in [0.3, 0.4) is 0 Å². The molecule has 0 aliphatic heterocycles. The molecule has 0 bridgehead atoms. The molecule has 0 aromatic carbocycles. The molecule has 2 N–H and O–H groups in total. The average Bonchev–Trinajstić information content (AvgIpc) is 2.11. The molecular formula is C11H23NO. The number of hydrogen-bond acceptors (Lipinski definition) is 2. The predicted octanol–water partition coefficient (Wildman–Crippen LogP) is 1.78. The molecule has 1 saturated carbocycles. The third-order valence-corrected chi connectivity index (χ3v) is 3.39. The molecule has 0 aromatic rings. The van der Waals surface area contributed by atoms with Gasteiger partial charge in [0.1, 0.15) is 0 Å². The number of nitrogens with one attached hydrogen (secondary N) is 1. The van der Waals surface area contributed by atoms with Crippen LogP contribution in [0.15, 0.2) is 0 Å². The molecule has 2 heteroatoms. The highest BCUT2D eigenvalue weighted by Crippen LogP contribution is 2.29. The fraction of sp³-hybridized carbons (Fsp3) is 1.00. The van der Waals surface area contributed by atoms with E-state index in [1.807, 2.05) is 6.92 Å². The van der Waals surface area contributed by atoms with Gasteiger partial charge in [-0.2, -0.15) is 0 Å². The first-order chi connectivity index (χ1) is 6.13. The highest BCUT2D eigenvalue weighted by atomic mass is 16.3. The quantitative estimate of drug-likeness (QED) is 0.702. The van der Waals surface area contributed by atoms with E-state index in [9.17, 15) is 0 Å². The number of hydrogen-bond donors (Lipinski definition) is 2. The van der Waals surface area contributed by atoms with Gasteiger partial charge in [0.05, 0.1) is 6.61 Å². The Labute approximate surface area is 81.7 Å². The lowest BCUT2D eigenvalue weighted by molar-refractivity contribution is 0.188. The summed E-state index contributed by atoms with van der Waals surface area (Å²) in [7, 11) is 0. The lowest BCUT2D eigenvalue weighted by Crippen LogP contribution is -2.42. The van der Waals surface area contributed by atoms with Crippen LogP contribution in [0.5, 0.6) is 0 Å². The molecule has 78 valence electrons. The van der Waals surface area contributed by atoms with Gasteiger partial charge in [-0.05, 0) is 38.0 Å². The Morgan fingerprint density at radius 3 is 2.54 bits per heavy atom. The molecule has 13 heavy (non-hydrogen) atoms. The van der Waals surface area contributed by atoms with Crippen LogP contribution in [0.25, 0.3) is 0 Å². The van der Waals surface area contributed by atoms with Crippen LogP contribution >= 0.6 is 0 Å². The van der Waals surface area contributed by atoms with E-state index < -0.39 is 0 Å². The maximum Gasteiger partial charge on any atom is 0.0582 e. The van der Waals surface area contributed by atoms with Gasteiger partial charge < -0.3 is 10.4 Å². The van der Waals surface area contributed by atoms with E-state index >= 15 is 0 Å². The first kappa shape index (κ1) is 11.0. The lowest BCUT2D eigenvalue weighted by Gasteiger charge is -2.34. The van der Waals surface area contributed by atoms with Gasteiger partial charge in [0.2, 0.25) is 0 Å². The third-order valence-electron chi connectivity index (χ3n) is 3.39. The molecule has 0 aromatic heterocycles. The molecule has 0 spiro atoms. The van der Waals surface area contributed by atoms with Crippen molar-refractivity contribution in [3.05, 3.63) is 0 Å². The highest BCUT2D eigenvalue weighted by Gasteiger charge is 2.24. The fourth-order valence-corrected chi connectivity index (χ4v) is 2.15. The monoisotopic (exact) mass is 185 g/mol. The summed E-state index contributed by atoms with van der Waals surface area (Å²) in [4.78, 5) is 0. The summed E-state index contributed by atoms with van der Waals surface area (Å²) in [6.45, 7) is 6.97. The summed E-state index contributed by atoms with van der Waals surface area (Å²) >= 11 is 0. The minimum Gasteiger partial charge on any atom is -0.395 e. The van der Waals surface area contributed by atoms with Crippen molar-refractivity contribution in [1.82, 2.24) is 5.32 Å². The molecule has 0 heterocycles. The van der Waals surface area contributed by atoms with Crippen molar-refractivity contribution >= 4 is 0 Å². The molecule has 2 nitrogen and oxygen atoms in total. The second-order valence-electron chi connectivity index (χ2n) is 4.71. The number of rotatable bonds is 3. The minimum atomic E-state index is 0.250. The van der Waals surface area contributed by atoms with Gasteiger partial charge in [-0.3, -0.25) is 0 Å². The first-order valence-corrected chi connectivity index (χ1v) is 5.50. The van der Waals surface area contributed by atoms with Gasteiger partial charge in [-0.25, -0.2) is 0 Å². The smallest absolute Gasteiger partial charge is 0.0582 e. The van der Waals surface area contributed by atoms with Crippen LogP contribution in [0.2, 0.25) is 0 Å². The first-order valence-electron chi connectivity index (χ1n) is 5.50. The Kier molecular flexibility index (Phi) is 4.20.